The van der Waals surface area contributed by atoms with Crippen LogP contribution in [0.3, 0.4) is 0 Å². The van der Waals surface area contributed by atoms with E-state index in [4.69, 9.17) is 25.8 Å². The number of hydrogen-bond acceptors (Lipinski definition) is 6. The average Bonchev–Trinajstić information content (AvgIpc) is 3.33. The first-order valence-electron chi connectivity index (χ1n) is 10.1. The first-order chi connectivity index (χ1) is 14.4. The van der Waals surface area contributed by atoms with Gasteiger partial charge in [0.25, 0.3) is 0 Å². The van der Waals surface area contributed by atoms with Gasteiger partial charge >= 0.3 is 0 Å². The van der Waals surface area contributed by atoms with Crippen molar-refractivity contribution in [3.8, 4) is 0 Å². The van der Waals surface area contributed by atoms with Gasteiger partial charge in [0.1, 0.15) is 29.3 Å². The van der Waals surface area contributed by atoms with Crippen LogP contribution in [0.5, 0.6) is 0 Å². The number of benzene rings is 1. The molecule has 0 unspecified atom stereocenters. The van der Waals surface area contributed by atoms with E-state index in [-0.39, 0.29) is 5.78 Å². The highest BCUT2D eigenvalue weighted by Crippen LogP contribution is 2.45. The molecule has 3 aliphatic rings. The van der Waals surface area contributed by atoms with E-state index < -0.39 is 30.3 Å². The molecule has 4 heterocycles. The molecule has 2 aromatic heterocycles. The Morgan fingerprint density at radius 1 is 1.13 bits per heavy atom. The van der Waals surface area contributed by atoms with E-state index in [1.54, 1.807) is 0 Å². The lowest BCUT2D eigenvalue weighted by Crippen LogP contribution is -2.36. The minimum absolute atomic E-state index is 0.0902. The number of aromatic nitrogens is 3. The Balaban J connectivity index is 1.39. The number of aryl methyl sites for hydroxylation is 2. The van der Waals surface area contributed by atoms with Gasteiger partial charge in [0.05, 0.1) is 5.39 Å². The highest BCUT2D eigenvalue weighted by molar-refractivity contribution is 6.33. The molecule has 0 spiro atoms. The molecule has 3 aromatic rings. The molecular formula is C22H20ClN3O4. The summed E-state index contributed by atoms with van der Waals surface area (Å²) in [6, 6.07) is 7.73. The predicted octanol–water partition coefficient (Wildman–Crippen LogP) is 3.48. The molecule has 0 bridgehead atoms. The molecule has 2 aliphatic heterocycles. The topological polar surface area (TPSA) is 75.5 Å². The van der Waals surface area contributed by atoms with Crippen LogP contribution in [0, 0.1) is 0 Å². The smallest absolute Gasteiger partial charge is 0.194 e. The van der Waals surface area contributed by atoms with Crippen molar-refractivity contribution in [2.24, 2.45) is 0 Å². The van der Waals surface area contributed by atoms with E-state index >= 15 is 0 Å². The Kier molecular flexibility index (Phi) is 3.90. The molecule has 0 radical (unpaired) electrons. The van der Waals surface area contributed by atoms with Crippen molar-refractivity contribution >= 4 is 28.4 Å². The van der Waals surface area contributed by atoms with Crippen LogP contribution in [0.2, 0.25) is 5.15 Å². The van der Waals surface area contributed by atoms with Gasteiger partial charge in [-0.05, 0) is 49.9 Å². The lowest BCUT2D eigenvalue weighted by molar-refractivity contribution is -0.190. The largest absolute Gasteiger partial charge is 0.341 e. The number of ether oxygens (including phenoxy) is 3. The van der Waals surface area contributed by atoms with Gasteiger partial charge in [0.2, 0.25) is 0 Å². The highest BCUT2D eigenvalue weighted by Gasteiger charge is 2.58. The van der Waals surface area contributed by atoms with E-state index in [0.29, 0.717) is 16.4 Å². The first-order valence-corrected chi connectivity index (χ1v) is 10.4. The monoisotopic (exact) mass is 425 g/mol. The van der Waals surface area contributed by atoms with Gasteiger partial charge in [-0.25, -0.2) is 9.97 Å². The molecular weight excluding hydrogens is 406 g/mol. The summed E-state index contributed by atoms with van der Waals surface area (Å²) in [5.41, 5.74) is 3.82. The van der Waals surface area contributed by atoms with Crippen LogP contribution in [0.15, 0.2) is 36.8 Å². The van der Waals surface area contributed by atoms with Crippen LogP contribution in [0.1, 0.15) is 41.6 Å². The quantitative estimate of drug-likeness (QED) is 0.472. The maximum atomic E-state index is 13.4. The third-order valence-electron chi connectivity index (χ3n) is 6.18. The number of carbonyl (C=O) groups is 1. The van der Waals surface area contributed by atoms with Gasteiger partial charge < -0.3 is 18.8 Å². The molecule has 154 valence electrons. The van der Waals surface area contributed by atoms with E-state index in [9.17, 15) is 4.79 Å². The summed E-state index contributed by atoms with van der Waals surface area (Å²) in [6.07, 6.45) is 3.03. The van der Waals surface area contributed by atoms with Crippen molar-refractivity contribution in [1.82, 2.24) is 14.5 Å². The molecule has 30 heavy (non-hydrogen) atoms. The van der Waals surface area contributed by atoms with Gasteiger partial charge in [-0.2, -0.15) is 0 Å². The summed E-state index contributed by atoms with van der Waals surface area (Å²) in [7, 11) is 0. The van der Waals surface area contributed by atoms with Crippen molar-refractivity contribution in [3.63, 3.8) is 0 Å². The molecule has 2 fully saturated rings. The van der Waals surface area contributed by atoms with Crippen LogP contribution in [0.25, 0.3) is 11.0 Å². The predicted molar refractivity (Wildman–Crippen MR) is 108 cm³/mol. The molecule has 1 aliphatic carbocycles. The highest BCUT2D eigenvalue weighted by atomic mass is 35.5. The van der Waals surface area contributed by atoms with Crippen molar-refractivity contribution in [2.45, 2.75) is 57.0 Å². The Hall–Kier alpha value is -2.32. The third kappa shape index (κ3) is 2.66. The van der Waals surface area contributed by atoms with Crippen LogP contribution in [-0.2, 0) is 27.1 Å². The van der Waals surface area contributed by atoms with Gasteiger partial charge in [-0.1, -0.05) is 23.7 Å². The van der Waals surface area contributed by atoms with Gasteiger partial charge in [-0.3, -0.25) is 4.79 Å². The molecule has 7 nitrogen and oxygen atoms in total. The van der Waals surface area contributed by atoms with Crippen molar-refractivity contribution < 1.29 is 19.0 Å². The summed E-state index contributed by atoms with van der Waals surface area (Å²) >= 11 is 6.21. The second kappa shape index (κ2) is 6.34. The normalized spacial score (nSPS) is 28.9. The molecule has 1 aromatic carbocycles. The molecule has 4 atom stereocenters. The number of hydrogen-bond donors (Lipinski definition) is 0. The number of halogens is 1. The minimum Gasteiger partial charge on any atom is -0.341 e. The lowest BCUT2D eigenvalue weighted by Gasteiger charge is -2.25. The molecule has 0 saturated carbocycles. The molecule has 0 amide bonds. The van der Waals surface area contributed by atoms with Gasteiger partial charge in [0.15, 0.2) is 23.9 Å². The molecule has 0 N–H and O–H groups in total. The molecule has 8 heteroatoms. The van der Waals surface area contributed by atoms with Crippen molar-refractivity contribution in [1.29, 1.82) is 0 Å². The van der Waals surface area contributed by atoms with E-state index in [0.717, 1.165) is 18.2 Å². The first kappa shape index (κ1) is 18.4. The zero-order valence-electron chi connectivity index (χ0n) is 16.5. The van der Waals surface area contributed by atoms with Crippen molar-refractivity contribution in [3.05, 3.63) is 58.6 Å². The number of Topliss-reactive ketones (excluding diaryl/α,β-unsaturated/α-hetero) is 1. The number of fused-ring (bicyclic) bond motifs is 3. The second-order valence-corrected chi connectivity index (χ2v) is 8.84. The number of carbonyl (C=O) groups excluding carboxylic acids is 1. The van der Waals surface area contributed by atoms with Gasteiger partial charge in [-0.15, -0.1) is 0 Å². The summed E-state index contributed by atoms with van der Waals surface area (Å²) in [4.78, 5) is 21.8. The van der Waals surface area contributed by atoms with Crippen LogP contribution >= 0.6 is 11.6 Å². The Bertz CT molecular complexity index is 1190. The maximum Gasteiger partial charge on any atom is 0.194 e. The average molecular weight is 426 g/mol. The molecule has 2 saturated heterocycles. The van der Waals surface area contributed by atoms with Crippen LogP contribution in [-0.4, -0.2) is 44.4 Å². The number of nitrogens with zero attached hydrogens (tertiary/aromatic N) is 3. The second-order valence-electron chi connectivity index (χ2n) is 8.48. The standard InChI is InChI=1S/C22H20ClN3O4/c1-22(2)29-17-16(15(27)13-6-4-11-3-5-12(11)9-13)28-21(18(17)30-22)26-8-7-14-19(23)24-10-25-20(14)26/h4,6-10,16-18,21H,3,5H2,1-2H3/t16-,17-,18+,21+/m0/s1. The third-order valence-corrected chi connectivity index (χ3v) is 6.48. The zero-order valence-corrected chi connectivity index (χ0v) is 17.3. The fourth-order valence-corrected chi connectivity index (χ4v) is 4.86. The summed E-state index contributed by atoms with van der Waals surface area (Å²) < 4.78 is 20.4. The Morgan fingerprint density at radius 2 is 1.93 bits per heavy atom. The van der Waals surface area contributed by atoms with E-state index in [1.165, 1.54) is 17.5 Å². The summed E-state index contributed by atoms with van der Waals surface area (Å²) in [5, 5.41) is 1.08. The fourth-order valence-electron chi connectivity index (χ4n) is 4.67. The Labute approximate surface area is 177 Å². The van der Waals surface area contributed by atoms with Crippen LogP contribution < -0.4 is 0 Å². The summed E-state index contributed by atoms with van der Waals surface area (Å²) in [5.74, 6) is -0.904. The van der Waals surface area contributed by atoms with E-state index in [1.807, 2.05) is 48.9 Å². The minimum atomic E-state index is -0.814. The number of rotatable bonds is 3. The SMILES string of the molecule is CC1(C)O[C@@H]2[C@@H](O1)[C@H](C(=O)c1ccc3c(c1)CC3)O[C@H]2n1ccc2c(Cl)ncnc21. The van der Waals surface area contributed by atoms with Crippen molar-refractivity contribution in [2.75, 3.05) is 0 Å². The molecule has 6 rings (SSSR count). The Morgan fingerprint density at radius 3 is 2.70 bits per heavy atom. The van der Waals surface area contributed by atoms with E-state index in [2.05, 4.69) is 9.97 Å². The van der Waals surface area contributed by atoms with Gasteiger partial charge in [0, 0.05) is 11.8 Å². The zero-order chi connectivity index (χ0) is 20.6. The summed E-state index contributed by atoms with van der Waals surface area (Å²) in [6.45, 7) is 3.70. The van der Waals surface area contributed by atoms with Crippen LogP contribution in [0.4, 0.5) is 0 Å². The lowest BCUT2D eigenvalue weighted by atomic mass is 9.86. The number of ketones is 1. The maximum absolute atomic E-state index is 13.4. The fraction of sp³-hybridized carbons (Fsp3) is 0.409.